The lowest BCUT2D eigenvalue weighted by atomic mass is 10.1. The second-order valence-corrected chi connectivity index (χ2v) is 5.20. The van der Waals surface area contributed by atoms with E-state index >= 15 is 0 Å². The van der Waals surface area contributed by atoms with Crippen molar-refractivity contribution in [3.8, 4) is 5.75 Å². The average Bonchev–Trinajstić information content (AvgIpc) is 2.58. The molecule has 7 heteroatoms. The summed E-state index contributed by atoms with van der Waals surface area (Å²) in [7, 11) is 1.56. The number of carbonyl (C=O) groups excluding carboxylic acids is 2. The van der Waals surface area contributed by atoms with Crippen LogP contribution in [-0.4, -0.2) is 63.2 Å². The zero-order chi connectivity index (χ0) is 17.9. The van der Waals surface area contributed by atoms with Gasteiger partial charge in [-0.05, 0) is 31.3 Å². The molecule has 1 rings (SSSR count). The number of benzene rings is 1. The molecule has 0 aliphatic heterocycles. The highest BCUT2D eigenvalue weighted by molar-refractivity contribution is 5.99. The number of nitrogens with two attached hydrogens (primary N) is 1. The molecular formula is C17H27N3O4. The summed E-state index contributed by atoms with van der Waals surface area (Å²) in [5.74, 6) is -0.491. The van der Waals surface area contributed by atoms with E-state index in [4.69, 9.17) is 15.2 Å². The van der Waals surface area contributed by atoms with Crippen molar-refractivity contribution in [3.05, 3.63) is 29.3 Å². The molecule has 0 saturated carbocycles. The lowest BCUT2D eigenvalue weighted by Crippen LogP contribution is -2.35. The predicted octanol–water partition coefficient (Wildman–Crippen LogP) is 0.882. The second kappa shape index (κ2) is 10.6. The summed E-state index contributed by atoms with van der Waals surface area (Å²) in [6.45, 7) is 8.00. The molecule has 0 bridgehead atoms. The number of hydrogen-bond acceptors (Lipinski definition) is 5. The van der Waals surface area contributed by atoms with Gasteiger partial charge in [-0.15, -0.1) is 0 Å². The van der Waals surface area contributed by atoms with Crippen LogP contribution < -0.4 is 15.8 Å². The Morgan fingerprint density at radius 2 is 1.92 bits per heavy atom. The first-order chi connectivity index (χ1) is 11.5. The summed E-state index contributed by atoms with van der Waals surface area (Å²) in [5.41, 5.74) is 5.95. The Labute approximate surface area is 143 Å². The number of rotatable bonds is 11. The van der Waals surface area contributed by atoms with Crippen molar-refractivity contribution in [2.24, 2.45) is 5.73 Å². The Morgan fingerprint density at radius 3 is 2.50 bits per heavy atom. The molecule has 0 aliphatic rings. The van der Waals surface area contributed by atoms with E-state index in [0.29, 0.717) is 30.0 Å². The third-order valence-corrected chi connectivity index (χ3v) is 3.66. The van der Waals surface area contributed by atoms with E-state index in [1.807, 2.05) is 0 Å². The minimum absolute atomic E-state index is 0.245. The molecule has 0 aromatic heterocycles. The van der Waals surface area contributed by atoms with Gasteiger partial charge < -0.3 is 25.4 Å². The van der Waals surface area contributed by atoms with Gasteiger partial charge in [-0.1, -0.05) is 13.8 Å². The van der Waals surface area contributed by atoms with Crippen molar-refractivity contribution in [2.45, 2.75) is 13.8 Å². The Hall–Kier alpha value is -2.12. The minimum Gasteiger partial charge on any atom is -0.490 e. The molecule has 1 aromatic rings. The Bertz CT molecular complexity index is 545. The zero-order valence-electron chi connectivity index (χ0n) is 14.6. The van der Waals surface area contributed by atoms with Gasteiger partial charge in [0.25, 0.3) is 5.91 Å². The number of likely N-dealkylation sites (N-methyl/N-ethyl adjacent to an activating group) is 1. The van der Waals surface area contributed by atoms with Gasteiger partial charge in [0, 0.05) is 25.8 Å². The third-order valence-electron chi connectivity index (χ3n) is 3.66. The van der Waals surface area contributed by atoms with E-state index in [1.165, 1.54) is 12.1 Å². The number of carbonyl (C=O) groups is 2. The lowest BCUT2D eigenvalue weighted by Gasteiger charge is -2.18. The highest BCUT2D eigenvalue weighted by atomic mass is 16.5. The van der Waals surface area contributed by atoms with E-state index in [9.17, 15) is 9.59 Å². The monoisotopic (exact) mass is 337 g/mol. The quantitative estimate of drug-likeness (QED) is 0.585. The maximum absolute atomic E-state index is 12.4. The van der Waals surface area contributed by atoms with Gasteiger partial charge >= 0.3 is 0 Å². The molecule has 0 radical (unpaired) electrons. The van der Waals surface area contributed by atoms with E-state index in [0.717, 1.165) is 19.6 Å². The largest absolute Gasteiger partial charge is 0.490 e. The summed E-state index contributed by atoms with van der Waals surface area (Å²) in [6, 6.07) is 4.55. The first kappa shape index (κ1) is 19.9. The van der Waals surface area contributed by atoms with Crippen molar-refractivity contribution in [1.82, 2.24) is 10.2 Å². The van der Waals surface area contributed by atoms with Gasteiger partial charge in [0.2, 0.25) is 5.91 Å². The van der Waals surface area contributed by atoms with Crippen molar-refractivity contribution in [3.63, 3.8) is 0 Å². The van der Waals surface area contributed by atoms with E-state index in [1.54, 1.807) is 13.2 Å². The molecule has 1 aromatic carbocycles. The fraction of sp³-hybridized carbons (Fsp3) is 0.529. The van der Waals surface area contributed by atoms with Crippen molar-refractivity contribution in [2.75, 3.05) is 46.5 Å². The van der Waals surface area contributed by atoms with Gasteiger partial charge in [-0.2, -0.15) is 0 Å². The highest BCUT2D eigenvalue weighted by Gasteiger charge is 2.15. The van der Waals surface area contributed by atoms with Gasteiger partial charge in [0.1, 0.15) is 12.4 Å². The summed E-state index contributed by atoms with van der Waals surface area (Å²) >= 11 is 0. The topological polar surface area (TPSA) is 93.9 Å². The molecule has 24 heavy (non-hydrogen) atoms. The number of methoxy groups -OCH3 is 1. The SMILES string of the molecule is CCN(CC)CCNC(=O)c1ccc(C(N)=O)cc1OCCOC. The predicted molar refractivity (Wildman–Crippen MR) is 92.5 cm³/mol. The molecule has 0 aliphatic carbocycles. The van der Waals surface area contributed by atoms with Crippen LogP contribution >= 0.6 is 0 Å². The zero-order valence-corrected chi connectivity index (χ0v) is 14.6. The van der Waals surface area contributed by atoms with E-state index < -0.39 is 5.91 Å². The number of nitrogens with zero attached hydrogens (tertiary/aromatic N) is 1. The Kier molecular flexibility index (Phi) is 8.81. The Morgan fingerprint density at radius 1 is 1.21 bits per heavy atom. The molecule has 3 N–H and O–H groups in total. The maximum Gasteiger partial charge on any atom is 0.255 e. The van der Waals surface area contributed by atoms with Crippen molar-refractivity contribution >= 4 is 11.8 Å². The summed E-state index contributed by atoms with van der Waals surface area (Å²) in [4.78, 5) is 25.9. The number of ether oxygens (including phenoxy) is 2. The number of amides is 2. The normalized spacial score (nSPS) is 10.7. The molecule has 0 spiro atoms. The maximum atomic E-state index is 12.4. The van der Waals surface area contributed by atoms with Crippen LogP contribution in [0.3, 0.4) is 0 Å². The van der Waals surface area contributed by atoms with Gasteiger partial charge in [0.05, 0.1) is 12.2 Å². The lowest BCUT2D eigenvalue weighted by molar-refractivity contribution is 0.0938. The van der Waals surface area contributed by atoms with Crippen LogP contribution in [0.5, 0.6) is 5.75 Å². The third kappa shape index (κ3) is 6.17. The first-order valence-corrected chi connectivity index (χ1v) is 8.09. The summed E-state index contributed by atoms with van der Waals surface area (Å²) in [6.07, 6.45) is 0. The minimum atomic E-state index is -0.569. The van der Waals surface area contributed by atoms with E-state index in [2.05, 4.69) is 24.1 Å². The van der Waals surface area contributed by atoms with Crippen LogP contribution in [-0.2, 0) is 4.74 Å². The molecule has 0 unspecified atom stereocenters. The number of hydrogen-bond donors (Lipinski definition) is 2. The van der Waals surface area contributed by atoms with Gasteiger partial charge in [0.15, 0.2) is 0 Å². The first-order valence-electron chi connectivity index (χ1n) is 8.09. The van der Waals surface area contributed by atoms with Gasteiger partial charge in [-0.3, -0.25) is 9.59 Å². The number of primary amides is 1. The van der Waals surface area contributed by atoms with Crippen LogP contribution in [0.25, 0.3) is 0 Å². The standard InChI is InChI=1S/C17H27N3O4/c1-4-20(5-2)9-8-19-17(22)14-7-6-13(16(18)21)12-15(14)24-11-10-23-3/h6-7,12H,4-5,8-11H2,1-3H3,(H2,18,21)(H,19,22). The van der Waals surface area contributed by atoms with Crippen LogP contribution in [0.2, 0.25) is 0 Å². The van der Waals surface area contributed by atoms with Gasteiger partial charge in [-0.25, -0.2) is 0 Å². The average molecular weight is 337 g/mol. The fourth-order valence-corrected chi connectivity index (χ4v) is 2.18. The molecule has 0 heterocycles. The van der Waals surface area contributed by atoms with Crippen LogP contribution in [0.4, 0.5) is 0 Å². The van der Waals surface area contributed by atoms with Crippen molar-refractivity contribution in [1.29, 1.82) is 0 Å². The molecular weight excluding hydrogens is 310 g/mol. The van der Waals surface area contributed by atoms with Crippen LogP contribution in [0.1, 0.15) is 34.6 Å². The molecule has 7 nitrogen and oxygen atoms in total. The summed E-state index contributed by atoms with van der Waals surface area (Å²) < 4.78 is 10.5. The van der Waals surface area contributed by atoms with E-state index in [-0.39, 0.29) is 12.5 Å². The summed E-state index contributed by atoms with van der Waals surface area (Å²) in [5, 5.41) is 2.87. The van der Waals surface area contributed by atoms with Crippen LogP contribution in [0, 0.1) is 0 Å². The smallest absolute Gasteiger partial charge is 0.255 e. The molecule has 0 saturated heterocycles. The van der Waals surface area contributed by atoms with Crippen LogP contribution in [0.15, 0.2) is 18.2 Å². The highest BCUT2D eigenvalue weighted by Crippen LogP contribution is 2.20. The fourth-order valence-electron chi connectivity index (χ4n) is 2.18. The second-order valence-electron chi connectivity index (χ2n) is 5.20. The molecule has 0 fully saturated rings. The molecule has 2 amide bonds. The number of nitrogens with one attached hydrogen (secondary N) is 1. The van der Waals surface area contributed by atoms with Crippen molar-refractivity contribution < 1.29 is 19.1 Å². The molecule has 134 valence electrons. The molecule has 0 atom stereocenters. The Balaban J connectivity index is 2.79.